The highest BCUT2D eigenvalue weighted by Crippen LogP contribution is 2.56. The number of hydrogen-bond acceptors (Lipinski definition) is 5. The van der Waals surface area contributed by atoms with Crippen molar-refractivity contribution in [1.29, 1.82) is 5.26 Å². The van der Waals surface area contributed by atoms with E-state index in [1.165, 1.54) is 0 Å². The van der Waals surface area contributed by atoms with Gasteiger partial charge in [-0.25, -0.2) is 0 Å². The van der Waals surface area contributed by atoms with E-state index >= 15 is 0 Å². The molecule has 7 heteroatoms. The monoisotopic (exact) mass is 403 g/mol. The molecule has 0 aromatic heterocycles. The van der Waals surface area contributed by atoms with Crippen molar-refractivity contribution in [2.24, 2.45) is 10.4 Å². The molecule has 0 saturated carbocycles. The Bertz CT molecular complexity index is 826. The Balaban J connectivity index is 1.89. The molecule has 1 spiro atoms. The molecule has 1 aliphatic carbocycles. The summed E-state index contributed by atoms with van der Waals surface area (Å²) in [6.07, 6.45) is 10.1. The number of piperazine rings is 1. The Hall–Kier alpha value is -1.58. The first-order valence-corrected chi connectivity index (χ1v) is 10.1. The van der Waals surface area contributed by atoms with Crippen molar-refractivity contribution in [3.8, 4) is 6.07 Å². The molecule has 142 valence electrons. The van der Waals surface area contributed by atoms with Crippen LogP contribution in [0.1, 0.15) is 6.42 Å². The van der Waals surface area contributed by atoms with Gasteiger partial charge in [0.05, 0.1) is 17.2 Å². The number of likely N-dealkylation sites (tertiary alicyclic amines) is 1. The average molecular weight is 404 g/mol. The number of hydrogen-bond donors (Lipinski definition) is 0. The number of allylic oxidation sites excluding steroid dienone is 5. The number of likely N-dealkylation sites (N-methyl/N-ethyl adjacent to an activating group) is 2. The molecule has 3 unspecified atom stereocenters. The maximum Gasteiger partial charge on any atom is 0.111 e. The van der Waals surface area contributed by atoms with E-state index in [9.17, 15) is 0 Å². The molecule has 0 radical (unpaired) electrons. The summed E-state index contributed by atoms with van der Waals surface area (Å²) in [7, 11) is 4.11. The Labute approximate surface area is 170 Å². The zero-order valence-corrected chi connectivity index (χ0v) is 17.1. The van der Waals surface area contributed by atoms with Crippen LogP contribution >= 0.6 is 23.2 Å². The van der Waals surface area contributed by atoms with Gasteiger partial charge < -0.3 is 9.80 Å². The van der Waals surface area contributed by atoms with Gasteiger partial charge in [-0.05, 0) is 38.2 Å². The van der Waals surface area contributed by atoms with Crippen LogP contribution in [0.15, 0.2) is 52.3 Å². The quantitative estimate of drug-likeness (QED) is 0.383. The predicted molar refractivity (Wildman–Crippen MR) is 110 cm³/mol. The number of halogens is 2. The molecule has 3 atom stereocenters. The molecule has 27 heavy (non-hydrogen) atoms. The van der Waals surface area contributed by atoms with Gasteiger partial charge in [-0.2, -0.15) is 5.26 Å². The van der Waals surface area contributed by atoms with Crippen LogP contribution in [0.25, 0.3) is 0 Å². The fraction of sp³-hybridized carbons (Fsp3) is 0.500. The number of nitrogens with zero attached hydrogens (tertiary/aromatic N) is 5. The summed E-state index contributed by atoms with van der Waals surface area (Å²) >= 11 is 13.9. The number of rotatable bonds is 1. The lowest BCUT2D eigenvalue weighted by molar-refractivity contribution is 0.187. The minimum atomic E-state index is -0.525. The SMILES string of the molecule is CN1CCN(C2=C3C(Cl)N(C)C(Cl)C34C/C(=C/C#N)C=CC4=NC=C2)CC1. The van der Waals surface area contributed by atoms with Crippen LogP contribution in [-0.4, -0.2) is 71.7 Å². The van der Waals surface area contributed by atoms with Crippen molar-refractivity contribution in [1.82, 2.24) is 14.7 Å². The van der Waals surface area contributed by atoms with E-state index in [2.05, 4.69) is 29.0 Å². The highest BCUT2D eigenvalue weighted by molar-refractivity contribution is 6.29. The maximum absolute atomic E-state index is 9.16. The van der Waals surface area contributed by atoms with Gasteiger partial charge in [0.25, 0.3) is 0 Å². The third-order valence-corrected chi connectivity index (χ3v) is 7.26. The lowest BCUT2D eigenvalue weighted by Crippen LogP contribution is -2.46. The van der Waals surface area contributed by atoms with Gasteiger partial charge in [0.1, 0.15) is 11.0 Å². The molecule has 4 rings (SSSR count). The molecule has 2 saturated heterocycles. The largest absolute Gasteiger partial charge is 0.369 e. The van der Waals surface area contributed by atoms with Crippen molar-refractivity contribution < 1.29 is 0 Å². The topological polar surface area (TPSA) is 45.9 Å². The van der Waals surface area contributed by atoms with E-state index in [1.54, 1.807) is 6.08 Å². The Morgan fingerprint density at radius 2 is 1.93 bits per heavy atom. The van der Waals surface area contributed by atoms with Crippen LogP contribution in [0, 0.1) is 16.7 Å². The van der Waals surface area contributed by atoms with Crippen LogP contribution < -0.4 is 0 Å². The van der Waals surface area contributed by atoms with E-state index in [4.69, 9.17) is 33.5 Å². The number of nitriles is 1. The lowest BCUT2D eigenvalue weighted by Gasteiger charge is -2.40. The highest BCUT2D eigenvalue weighted by atomic mass is 35.5. The predicted octanol–water partition coefficient (Wildman–Crippen LogP) is 2.93. The van der Waals surface area contributed by atoms with E-state index in [-0.39, 0.29) is 11.0 Å². The van der Waals surface area contributed by atoms with Gasteiger partial charge in [-0.1, -0.05) is 6.08 Å². The highest BCUT2D eigenvalue weighted by Gasteiger charge is 2.58. The molecular formula is C20H23Cl2N5. The summed E-state index contributed by atoms with van der Waals surface area (Å²) < 4.78 is 0. The van der Waals surface area contributed by atoms with Gasteiger partial charge in [-0.3, -0.25) is 9.89 Å². The van der Waals surface area contributed by atoms with E-state index in [0.717, 1.165) is 48.7 Å². The average Bonchev–Trinajstić information content (AvgIpc) is 2.80. The fourth-order valence-electron chi connectivity index (χ4n) is 4.54. The van der Waals surface area contributed by atoms with Gasteiger partial charge >= 0.3 is 0 Å². The van der Waals surface area contributed by atoms with E-state index in [0.29, 0.717) is 6.42 Å². The Morgan fingerprint density at radius 1 is 1.19 bits per heavy atom. The van der Waals surface area contributed by atoms with Crippen molar-refractivity contribution in [2.45, 2.75) is 17.4 Å². The third-order valence-electron chi connectivity index (χ3n) is 6.05. The standard InChI is InChI=1S/C20H23Cl2N5/c1-25-9-11-27(12-10-25)15-6-8-24-16-4-3-14(5-7-23)13-20(16)17(15)18(21)26(2)19(20)22/h3-6,8,18-19H,9-13H2,1-2H3/b14-5+. The summed E-state index contributed by atoms with van der Waals surface area (Å²) in [6, 6.07) is 2.15. The molecular weight excluding hydrogens is 381 g/mol. The first-order chi connectivity index (χ1) is 13.0. The second kappa shape index (κ2) is 7.10. The number of aliphatic imine (C=N–C) groups is 1. The zero-order chi connectivity index (χ0) is 19.2. The van der Waals surface area contributed by atoms with Crippen LogP contribution in [-0.2, 0) is 0 Å². The van der Waals surface area contributed by atoms with Crippen molar-refractivity contribution >= 4 is 28.9 Å². The van der Waals surface area contributed by atoms with Crippen LogP contribution in [0.2, 0.25) is 0 Å². The second-order valence-corrected chi connectivity index (χ2v) is 8.41. The van der Waals surface area contributed by atoms with Crippen LogP contribution in [0.4, 0.5) is 0 Å². The molecule has 5 nitrogen and oxygen atoms in total. The maximum atomic E-state index is 9.16. The van der Waals surface area contributed by atoms with Crippen molar-refractivity contribution in [3.05, 3.63) is 47.3 Å². The van der Waals surface area contributed by atoms with Crippen LogP contribution in [0.3, 0.4) is 0 Å². The third kappa shape index (κ3) is 2.87. The minimum absolute atomic E-state index is 0.315. The van der Waals surface area contributed by atoms with Crippen molar-refractivity contribution in [3.63, 3.8) is 0 Å². The minimum Gasteiger partial charge on any atom is -0.369 e. The van der Waals surface area contributed by atoms with Gasteiger partial charge in [-0.15, -0.1) is 23.2 Å². The molecule has 0 bridgehead atoms. The zero-order valence-electron chi connectivity index (χ0n) is 15.6. The Morgan fingerprint density at radius 3 is 2.63 bits per heavy atom. The molecule has 0 N–H and O–H groups in total. The summed E-state index contributed by atoms with van der Waals surface area (Å²) in [6.45, 7) is 3.92. The molecule has 0 aromatic rings. The smallest absolute Gasteiger partial charge is 0.111 e. The lowest BCUT2D eigenvalue weighted by atomic mass is 9.69. The summed E-state index contributed by atoms with van der Waals surface area (Å²) in [5.74, 6) is 0. The first-order valence-electron chi connectivity index (χ1n) is 9.19. The molecule has 0 amide bonds. The molecule has 2 fully saturated rings. The molecule has 3 aliphatic heterocycles. The molecule has 0 aromatic carbocycles. The summed E-state index contributed by atoms with van der Waals surface area (Å²) in [4.78, 5) is 11.5. The number of alkyl halides is 2. The fourth-order valence-corrected chi connectivity index (χ4v) is 5.44. The Kier molecular flexibility index (Phi) is 4.94. The molecule has 3 heterocycles. The van der Waals surface area contributed by atoms with Crippen LogP contribution in [0.5, 0.6) is 0 Å². The second-order valence-electron chi connectivity index (χ2n) is 7.59. The first kappa shape index (κ1) is 18.8. The van der Waals surface area contributed by atoms with Gasteiger partial charge in [0.2, 0.25) is 0 Å². The van der Waals surface area contributed by atoms with Gasteiger partial charge in [0, 0.05) is 49.7 Å². The summed E-state index contributed by atoms with van der Waals surface area (Å²) in [5.41, 5.74) is 2.94. The molecule has 4 aliphatic rings. The van der Waals surface area contributed by atoms with E-state index < -0.39 is 5.41 Å². The van der Waals surface area contributed by atoms with E-state index in [1.807, 2.05) is 30.3 Å². The summed E-state index contributed by atoms with van der Waals surface area (Å²) in [5, 5.41) is 9.16. The van der Waals surface area contributed by atoms with Crippen molar-refractivity contribution in [2.75, 3.05) is 40.3 Å². The normalized spacial score (nSPS) is 35.7. The van der Waals surface area contributed by atoms with Gasteiger partial charge in [0.15, 0.2) is 0 Å².